The molecule has 0 saturated heterocycles. The van der Waals surface area contributed by atoms with Crippen molar-refractivity contribution in [2.45, 2.75) is 45.2 Å². The van der Waals surface area contributed by atoms with Gasteiger partial charge < -0.3 is 14.4 Å². The number of carbonyl (C=O) groups excluding carboxylic acids is 1. The zero-order valence-corrected chi connectivity index (χ0v) is 15.7. The number of nitrogens with one attached hydrogen (secondary N) is 1. The van der Waals surface area contributed by atoms with Crippen LogP contribution in [0.5, 0.6) is 11.5 Å². The van der Waals surface area contributed by atoms with Crippen LogP contribution < -0.4 is 9.47 Å². The molecule has 2 aromatic rings. The molecule has 140 valence electrons. The van der Waals surface area contributed by atoms with E-state index in [-0.39, 0.29) is 11.9 Å². The molecule has 1 N–H and O–H groups in total. The third kappa shape index (κ3) is 3.84. The number of hydrogen-bond acceptors (Lipinski definition) is 4. The first kappa shape index (κ1) is 18.3. The van der Waals surface area contributed by atoms with Crippen LogP contribution in [0.15, 0.2) is 30.5 Å². The molecule has 1 amide bonds. The summed E-state index contributed by atoms with van der Waals surface area (Å²) in [6, 6.07) is 7.78. The molecule has 0 radical (unpaired) electrons. The Morgan fingerprint density at radius 2 is 1.96 bits per heavy atom. The van der Waals surface area contributed by atoms with Crippen LogP contribution in [0.1, 0.15) is 48.7 Å². The van der Waals surface area contributed by atoms with Gasteiger partial charge in [-0.3, -0.25) is 9.89 Å². The molecule has 1 aromatic heterocycles. The van der Waals surface area contributed by atoms with Crippen molar-refractivity contribution in [3.8, 4) is 11.5 Å². The fraction of sp³-hybridized carbons (Fsp3) is 0.500. The maximum Gasteiger partial charge on any atom is 0.272 e. The number of hydrogen-bond donors (Lipinski definition) is 1. The Morgan fingerprint density at radius 1 is 1.19 bits per heavy atom. The minimum atomic E-state index is -0.00367. The summed E-state index contributed by atoms with van der Waals surface area (Å²) in [5.41, 5.74) is 1.55. The monoisotopic (exact) mass is 357 g/mol. The summed E-state index contributed by atoms with van der Waals surface area (Å²) in [5.74, 6) is 1.84. The second-order valence-electron chi connectivity index (χ2n) is 6.92. The molecule has 6 heteroatoms. The lowest BCUT2D eigenvalue weighted by molar-refractivity contribution is 0.0522. The Balaban J connectivity index is 1.89. The van der Waals surface area contributed by atoms with Crippen LogP contribution in [0, 0.1) is 5.92 Å². The van der Waals surface area contributed by atoms with Crippen LogP contribution in [-0.2, 0) is 6.54 Å². The van der Waals surface area contributed by atoms with Gasteiger partial charge in [0.1, 0.15) is 5.69 Å². The Bertz CT molecular complexity index is 730. The lowest BCUT2D eigenvalue weighted by Crippen LogP contribution is -2.45. The zero-order valence-electron chi connectivity index (χ0n) is 15.7. The van der Waals surface area contributed by atoms with E-state index in [4.69, 9.17) is 9.47 Å². The van der Waals surface area contributed by atoms with E-state index in [9.17, 15) is 4.79 Å². The van der Waals surface area contributed by atoms with Crippen LogP contribution in [-0.4, -0.2) is 41.3 Å². The highest BCUT2D eigenvalue weighted by atomic mass is 16.5. The second kappa shape index (κ2) is 8.25. The number of H-pyrrole nitrogens is 1. The second-order valence-corrected chi connectivity index (χ2v) is 6.92. The number of ether oxygens (including phenoxy) is 2. The van der Waals surface area contributed by atoms with E-state index in [0.29, 0.717) is 29.7 Å². The Morgan fingerprint density at radius 3 is 2.62 bits per heavy atom. The number of aromatic nitrogens is 2. The fourth-order valence-electron chi connectivity index (χ4n) is 3.80. The Hall–Kier alpha value is -2.50. The van der Waals surface area contributed by atoms with Crippen molar-refractivity contribution in [2.75, 3.05) is 14.2 Å². The molecule has 1 fully saturated rings. The molecule has 0 aliphatic heterocycles. The molecule has 0 bridgehead atoms. The van der Waals surface area contributed by atoms with Gasteiger partial charge >= 0.3 is 0 Å². The predicted molar refractivity (Wildman–Crippen MR) is 99.4 cm³/mol. The van der Waals surface area contributed by atoms with E-state index in [1.807, 2.05) is 23.1 Å². The molecule has 2 atom stereocenters. The highest BCUT2D eigenvalue weighted by Gasteiger charge is 2.31. The molecule has 6 nitrogen and oxygen atoms in total. The van der Waals surface area contributed by atoms with Gasteiger partial charge in [0, 0.05) is 18.8 Å². The summed E-state index contributed by atoms with van der Waals surface area (Å²) >= 11 is 0. The quantitative estimate of drug-likeness (QED) is 0.857. The van der Waals surface area contributed by atoms with Gasteiger partial charge in [-0.25, -0.2) is 0 Å². The van der Waals surface area contributed by atoms with Crippen molar-refractivity contribution in [1.82, 2.24) is 15.1 Å². The van der Waals surface area contributed by atoms with Gasteiger partial charge in [-0.15, -0.1) is 0 Å². The first-order valence-electron chi connectivity index (χ1n) is 9.15. The molecule has 1 aromatic carbocycles. The number of carbonyl (C=O) groups is 1. The van der Waals surface area contributed by atoms with Gasteiger partial charge in [0.05, 0.1) is 14.2 Å². The van der Waals surface area contributed by atoms with Crippen LogP contribution in [0.4, 0.5) is 0 Å². The number of methoxy groups -OCH3 is 2. The summed E-state index contributed by atoms with van der Waals surface area (Å²) in [4.78, 5) is 15.1. The van der Waals surface area contributed by atoms with Crippen LogP contribution in [0.2, 0.25) is 0 Å². The topological polar surface area (TPSA) is 67.5 Å². The Kier molecular flexibility index (Phi) is 5.81. The fourth-order valence-corrected chi connectivity index (χ4v) is 3.80. The highest BCUT2D eigenvalue weighted by Crippen LogP contribution is 2.32. The summed E-state index contributed by atoms with van der Waals surface area (Å²) < 4.78 is 10.7. The highest BCUT2D eigenvalue weighted by molar-refractivity contribution is 5.92. The zero-order chi connectivity index (χ0) is 18.5. The van der Waals surface area contributed by atoms with Crippen LogP contribution in [0.3, 0.4) is 0 Å². The van der Waals surface area contributed by atoms with Gasteiger partial charge in [0.25, 0.3) is 5.91 Å². The van der Waals surface area contributed by atoms with E-state index in [1.54, 1.807) is 26.5 Å². The average Bonchev–Trinajstić information content (AvgIpc) is 3.21. The summed E-state index contributed by atoms with van der Waals surface area (Å²) in [6.45, 7) is 2.78. The van der Waals surface area contributed by atoms with Crippen LogP contribution >= 0.6 is 0 Å². The van der Waals surface area contributed by atoms with Crippen molar-refractivity contribution in [3.05, 3.63) is 41.7 Å². The minimum absolute atomic E-state index is 0.00367. The molecule has 1 saturated carbocycles. The minimum Gasteiger partial charge on any atom is -0.493 e. The molecule has 0 unspecified atom stereocenters. The number of aromatic amines is 1. The van der Waals surface area contributed by atoms with E-state index < -0.39 is 0 Å². The molecule has 1 heterocycles. The third-order valence-electron chi connectivity index (χ3n) is 5.26. The predicted octanol–water partition coefficient (Wildman–Crippen LogP) is 3.65. The molecule has 26 heavy (non-hydrogen) atoms. The average molecular weight is 357 g/mol. The lowest BCUT2D eigenvalue weighted by Gasteiger charge is -2.38. The van der Waals surface area contributed by atoms with Gasteiger partial charge in [-0.05, 0) is 42.5 Å². The van der Waals surface area contributed by atoms with Crippen molar-refractivity contribution in [2.24, 2.45) is 5.92 Å². The number of rotatable bonds is 6. The molecular weight excluding hydrogens is 330 g/mol. The number of amides is 1. The van der Waals surface area contributed by atoms with Gasteiger partial charge in [-0.1, -0.05) is 25.8 Å². The standard InChI is InChI=1S/C20H27N3O3/c1-14-6-4-5-7-17(14)23(20(24)16-10-11-21-22-16)13-15-8-9-18(25-2)19(12-15)26-3/h8-12,14,17H,4-7,13H2,1-3H3,(H,21,22)/t14-,17-/m0/s1. The number of nitrogens with zero attached hydrogens (tertiary/aromatic N) is 2. The maximum atomic E-state index is 13.1. The molecule has 3 rings (SSSR count). The van der Waals surface area contributed by atoms with Gasteiger partial charge in [0.15, 0.2) is 11.5 Å². The van der Waals surface area contributed by atoms with Crippen LogP contribution in [0.25, 0.3) is 0 Å². The largest absolute Gasteiger partial charge is 0.493 e. The van der Waals surface area contributed by atoms with Gasteiger partial charge in [0.2, 0.25) is 0 Å². The summed E-state index contributed by atoms with van der Waals surface area (Å²) in [5, 5.41) is 6.75. The summed E-state index contributed by atoms with van der Waals surface area (Å²) in [6.07, 6.45) is 6.21. The first-order chi connectivity index (χ1) is 12.6. The van der Waals surface area contributed by atoms with E-state index >= 15 is 0 Å². The van der Waals surface area contributed by atoms with E-state index in [0.717, 1.165) is 24.8 Å². The van der Waals surface area contributed by atoms with Crippen molar-refractivity contribution in [1.29, 1.82) is 0 Å². The molecule has 0 spiro atoms. The summed E-state index contributed by atoms with van der Waals surface area (Å²) in [7, 11) is 3.24. The molecule has 1 aliphatic carbocycles. The van der Waals surface area contributed by atoms with Crippen molar-refractivity contribution < 1.29 is 14.3 Å². The number of benzene rings is 1. The first-order valence-corrected chi connectivity index (χ1v) is 9.15. The molecular formula is C20H27N3O3. The maximum absolute atomic E-state index is 13.1. The third-order valence-corrected chi connectivity index (χ3v) is 5.26. The van der Waals surface area contributed by atoms with Crippen molar-refractivity contribution in [3.63, 3.8) is 0 Å². The lowest BCUT2D eigenvalue weighted by atomic mass is 9.84. The molecule has 1 aliphatic rings. The SMILES string of the molecule is COc1ccc(CN(C(=O)c2ccn[nH]2)[C@H]2CCCC[C@@H]2C)cc1OC. The van der Waals surface area contributed by atoms with E-state index in [1.165, 1.54) is 6.42 Å². The smallest absolute Gasteiger partial charge is 0.272 e. The van der Waals surface area contributed by atoms with E-state index in [2.05, 4.69) is 17.1 Å². The normalized spacial score (nSPS) is 19.8. The van der Waals surface area contributed by atoms with Gasteiger partial charge in [-0.2, -0.15) is 5.10 Å². The van der Waals surface area contributed by atoms with Crippen molar-refractivity contribution >= 4 is 5.91 Å². The Labute approximate surface area is 154 Å².